The molecule has 71 heavy (non-hydrogen) atoms. The summed E-state index contributed by atoms with van der Waals surface area (Å²) in [7, 11) is 0. The third-order valence-corrected chi connectivity index (χ3v) is 13.0. The Labute approximate surface area is 428 Å². The zero-order valence-electron chi connectivity index (χ0n) is 43.9. The number of hydrogen-bond donors (Lipinski definition) is 7. The fourth-order valence-corrected chi connectivity index (χ4v) is 8.51. The molecule has 14 nitrogen and oxygen atoms in total. The predicted molar refractivity (Wildman–Crippen MR) is 279 cm³/mol. The fourth-order valence-electron chi connectivity index (χ4n) is 8.51. The number of allylic oxidation sites excluding steroid dienone is 10. The van der Waals surface area contributed by atoms with E-state index >= 15 is 0 Å². The molecule has 2 aliphatic rings. The number of esters is 1. The summed E-state index contributed by atoms with van der Waals surface area (Å²) in [5, 5.41) is 72.3. The lowest BCUT2D eigenvalue weighted by atomic mass is 9.98. The molecule has 0 amide bonds. The van der Waals surface area contributed by atoms with Gasteiger partial charge in [0.05, 0.1) is 26.4 Å². The number of aliphatic hydroxyl groups excluding tert-OH is 7. The molecular formula is C57H100O14. The van der Waals surface area contributed by atoms with E-state index in [1.165, 1.54) is 83.5 Å². The van der Waals surface area contributed by atoms with Gasteiger partial charge in [0.2, 0.25) is 0 Å². The van der Waals surface area contributed by atoms with Crippen LogP contribution >= 0.6 is 0 Å². The normalized spacial score (nSPS) is 25.8. The van der Waals surface area contributed by atoms with E-state index in [-0.39, 0.29) is 25.6 Å². The molecule has 2 fully saturated rings. The van der Waals surface area contributed by atoms with Crippen molar-refractivity contribution in [3.63, 3.8) is 0 Å². The topological polar surface area (TPSA) is 214 Å². The number of aliphatic hydroxyl groups is 7. The molecule has 0 aromatic heterocycles. The quantitative estimate of drug-likeness (QED) is 0.0172. The standard InChI is InChI=1S/C57H100O14/c1-3-5-7-9-11-13-15-17-19-21-23-24-26-28-30-32-34-36-38-40-49(59)69-46(43-66-41-39-37-35-33-31-29-27-25-22-20-18-16-14-12-10-8-6-4-2)44-67-56-55(65)53(63)51(61)48(71-56)45-68-57-54(64)52(62)50(60)47(42-58)70-57/h6,8,12,14,17-20,25,27,46-48,50-58,60-65H,3-5,7,9-11,13,15-16,21-24,26,28-45H2,1-2H3/b8-6-,14-12-,19-17-,20-18-,27-25-. The molecule has 0 aliphatic carbocycles. The minimum Gasteiger partial charge on any atom is -0.457 e. The molecule has 2 rings (SSSR count). The first-order valence-corrected chi connectivity index (χ1v) is 27.9. The van der Waals surface area contributed by atoms with Crippen LogP contribution in [-0.4, -0.2) is 142 Å². The molecule has 14 heteroatoms. The van der Waals surface area contributed by atoms with E-state index in [0.29, 0.717) is 13.0 Å². The second-order valence-corrected chi connectivity index (χ2v) is 19.4. The first-order chi connectivity index (χ1) is 34.6. The highest BCUT2D eigenvalue weighted by Crippen LogP contribution is 2.26. The summed E-state index contributed by atoms with van der Waals surface area (Å²) in [6, 6.07) is 0. The number of carbonyl (C=O) groups excluding carboxylic acids is 1. The second-order valence-electron chi connectivity index (χ2n) is 19.4. The Bertz CT molecular complexity index is 1400. The van der Waals surface area contributed by atoms with Gasteiger partial charge in [-0.2, -0.15) is 0 Å². The SMILES string of the molecule is CC/C=C\C/C=C\C/C=C\C/C=C\CCCCCCCOCC(COC1OC(COC2OC(CO)C(O)C(O)C2O)C(O)C(O)C1O)OC(=O)CCCCCCCCCCC/C=C\CCCCCCCC. The van der Waals surface area contributed by atoms with Crippen molar-refractivity contribution in [1.82, 2.24) is 0 Å². The maximum atomic E-state index is 13.1. The van der Waals surface area contributed by atoms with Crippen LogP contribution in [0.4, 0.5) is 0 Å². The third kappa shape index (κ3) is 31.2. The van der Waals surface area contributed by atoms with Crippen LogP contribution in [0.15, 0.2) is 60.8 Å². The van der Waals surface area contributed by atoms with Crippen molar-refractivity contribution in [3.05, 3.63) is 60.8 Å². The number of hydrogen-bond acceptors (Lipinski definition) is 14. The van der Waals surface area contributed by atoms with Gasteiger partial charge >= 0.3 is 5.97 Å². The fraction of sp³-hybridized carbons (Fsp3) is 0.807. The van der Waals surface area contributed by atoms with E-state index in [1.54, 1.807) is 0 Å². The van der Waals surface area contributed by atoms with Crippen LogP contribution in [0.2, 0.25) is 0 Å². The number of carbonyl (C=O) groups is 1. The van der Waals surface area contributed by atoms with Crippen LogP contribution in [0.5, 0.6) is 0 Å². The van der Waals surface area contributed by atoms with Crippen LogP contribution in [0.3, 0.4) is 0 Å². The van der Waals surface area contributed by atoms with Crippen LogP contribution < -0.4 is 0 Å². The summed E-state index contributed by atoms with van der Waals surface area (Å²) in [5.74, 6) is -0.386. The van der Waals surface area contributed by atoms with E-state index in [0.717, 1.165) is 83.5 Å². The van der Waals surface area contributed by atoms with Crippen molar-refractivity contribution in [2.24, 2.45) is 0 Å². The Morgan fingerprint density at radius 3 is 1.45 bits per heavy atom. The average Bonchev–Trinajstić information content (AvgIpc) is 3.37. The Morgan fingerprint density at radius 2 is 0.915 bits per heavy atom. The summed E-state index contributed by atoms with van der Waals surface area (Å²) in [4.78, 5) is 13.1. The molecule has 7 N–H and O–H groups in total. The highest BCUT2D eigenvalue weighted by atomic mass is 16.7. The van der Waals surface area contributed by atoms with Crippen molar-refractivity contribution in [3.8, 4) is 0 Å². The van der Waals surface area contributed by atoms with Crippen molar-refractivity contribution in [1.29, 1.82) is 0 Å². The highest BCUT2D eigenvalue weighted by Gasteiger charge is 2.47. The van der Waals surface area contributed by atoms with Gasteiger partial charge in [-0.15, -0.1) is 0 Å². The largest absolute Gasteiger partial charge is 0.457 e. The Morgan fingerprint density at radius 1 is 0.479 bits per heavy atom. The molecule has 2 aliphatic heterocycles. The predicted octanol–water partition coefficient (Wildman–Crippen LogP) is 9.30. The van der Waals surface area contributed by atoms with Gasteiger partial charge in [-0.05, 0) is 77.0 Å². The molecule has 11 atom stereocenters. The van der Waals surface area contributed by atoms with Crippen LogP contribution in [0.25, 0.3) is 0 Å². The molecule has 2 saturated heterocycles. The maximum Gasteiger partial charge on any atom is 0.306 e. The third-order valence-electron chi connectivity index (χ3n) is 13.0. The monoisotopic (exact) mass is 1010 g/mol. The molecule has 0 spiro atoms. The van der Waals surface area contributed by atoms with Crippen molar-refractivity contribution < 1.29 is 69.0 Å². The number of rotatable bonds is 44. The summed E-state index contributed by atoms with van der Waals surface area (Å²) >= 11 is 0. The Balaban J connectivity index is 1.75. The van der Waals surface area contributed by atoms with Gasteiger partial charge in [0.25, 0.3) is 0 Å². The number of ether oxygens (including phenoxy) is 6. The van der Waals surface area contributed by atoms with Gasteiger partial charge < -0.3 is 64.2 Å². The number of unbranched alkanes of at least 4 members (excludes halogenated alkanes) is 20. The Kier molecular flexibility index (Phi) is 40.2. The van der Waals surface area contributed by atoms with E-state index < -0.39 is 80.7 Å². The van der Waals surface area contributed by atoms with Crippen LogP contribution in [-0.2, 0) is 33.2 Å². The van der Waals surface area contributed by atoms with Gasteiger partial charge in [-0.3, -0.25) is 4.79 Å². The molecule has 0 saturated carbocycles. The maximum absolute atomic E-state index is 13.1. The van der Waals surface area contributed by atoms with E-state index in [2.05, 4.69) is 74.6 Å². The van der Waals surface area contributed by atoms with Gasteiger partial charge in [0.1, 0.15) is 54.9 Å². The van der Waals surface area contributed by atoms with E-state index in [4.69, 9.17) is 28.4 Å². The zero-order chi connectivity index (χ0) is 51.6. The molecule has 2 heterocycles. The molecular weight excluding hydrogens is 909 g/mol. The molecule has 412 valence electrons. The first-order valence-electron chi connectivity index (χ1n) is 27.9. The van der Waals surface area contributed by atoms with Crippen molar-refractivity contribution in [2.75, 3.05) is 33.0 Å². The van der Waals surface area contributed by atoms with Crippen molar-refractivity contribution in [2.45, 2.75) is 261 Å². The lowest BCUT2D eigenvalue weighted by Gasteiger charge is -2.42. The molecule has 0 aromatic rings. The molecule has 0 bridgehead atoms. The van der Waals surface area contributed by atoms with Crippen molar-refractivity contribution >= 4 is 5.97 Å². The van der Waals surface area contributed by atoms with Crippen LogP contribution in [0, 0.1) is 0 Å². The van der Waals surface area contributed by atoms with Gasteiger partial charge in [0, 0.05) is 13.0 Å². The minimum absolute atomic E-state index is 0.0463. The zero-order valence-corrected chi connectivity index (χ0v) is 43.9. The summed E-state index contributed by atoms with van der Waals surface area (Å²) in [6.07, 6.45) is 37.0. The van der Waals surface area contributed by atoms with Crippen LogP contribution in [0.1, 0.15) is 194 Å². The minimum atomic E-state index is -1.71. The molecule has 0 radical (unpaired) electrons. The van der Waals surface area contributed by atoms with Gasteiger partial charge in [-0.25, -0.2) is 0 Å². The summed E-state index contributed by atoms with van der Waals surface area (Å²) in [6.45, 7) is 3.53. The van der Waals surface area contributed by atoms with Gasteiger partial charge in [-0.1, -0.05) is 171 Å². The van der Waals surface area contributed by atoms with Gasteiger partial charge in [0.15, 0.2) is 12.6 Å². The first kappa shape index (κ1) is 64.8. The molecule has 0 aromatic carbocycles. The lowest BCUT2D eigenvalue weighted by molar-refractivity contribution is -0.332. The molecule has 11 unspecified atom stereocenters. The van der Waals surface area contributed by atoms with E-state index in [1.807, 2.05) is 0 Å². The smallest absolute Gasteiger partial charge is 0.306 e. The van der Waals surface area contributed by atoms with E-state index in [9.17, 15) is 40.5 Å². The second kappa shape index (κ2) is 44.0. The summed E-state index contributed by atoms with van der Waals surface area (Å²) in [5.41, 5.74) is 0. The Hall–Kier alpha value is -2.31. The highest BCUT2D eigenvalue weighted by molar-refractivity contribution is 5.69. The summed E-state index contributed by atoms with van der Waals surface area (Å²) < 4.78 is 34.3. The average molecular weight is 1010 g/mol. The lowest BCUT2D eigenvalue weighted by Crippen LogP contribution is -2.61.